The number of non-ortho nitro benzene ring substituents is 1. The van der Waals surface area contributed by atoms with Gasteiger partial charge < -0.3 is 5.32 Å². The Morgan fingerprint density at radius 2 is 1.83 bits per heavy atom. The number of benzene rings is 2. The number of nitrogens with one attached hydrogen (secondary N) is 1. The molecule has 0 radical (unpaired) electrons. The van der Waals surface area contributed by atoms with E-state index in [4.69, 9.17) is 0 Å². The third-order valence-electron chi connectivity index (χ3n) is 6.64. The first-order valence-electron chi connectivity index (χ1n) is 11.9. The second-order valence-electron chi connectivity index (χ2n) is 9.48. The normalized spacial score (nSPS) is 17.2. The second-order valence-corrected chi connectivity index (χ2v) is 13.7. The van der Waals surface area contributed by atoms with Crippen LogP contribution in [0.15, 0.2) is 78.0 Å². The van der Waals surface area contributed by atoms with Gasteiger partial charge in [-0.05, 0) is 25.5 Å². The van der Waals surface area contributed by atoms with E-state index in [0.29, 0.717) is 0 Å². The summed E-state index contributed by atoms with van der Waals surface area (Å²) in [6.07, 6.45) is 9.10. The summed E-state index contributed by atoms with van der Waals surface area (Å²) in [6.45, 7) is 1.47. The van der Waals surface area contributed by atoms with E-state index in [1.807, 2.05) is 0 Å². The Morgan fingerprint density at radius 3 is 2.49 bits per heavy atom. The fourth-order valence-electron chi connectivity index (χ4n) is 4.51. The lowest BCUT2D eigenvalue weighted by atomic mass is 10.0. The van der Waals surface area contributed by atoms with E-state index in [1.54, 1.807) is 18.2 Å². The molecule has 1 aliphatic rings. The van der Waals surface area contributed by atoms with E-state index in [0.717, 1.165) is 34.8 Å². The number of nitrogens with zero attached hydrogens (tertiary/aromatic N) is 4. The minimum absolute atomic E-state index is 0.0236. The summed E-state index contributed by atoms with van der Waals surface area (Å²) in [6, 6.07) is 7.46. The fourth-order valence-corrected chi connectivity index (χ4v) is 6.96. The number of hydrogen-bond acceptors (Lipinski definition) is 9. The summed E-state index contributed by atoms with van der Waals surface area (Å²) in [7, 11) is -8.25. The first kappa shape index (κ1) is 28.0. The number of fused-ring (bicyclic) bond motifs is 1. The number of halogens is 2. The molecular weight excluding hydrogens is 580 g/mol. The molecular formula is C26H21F2N5O6S2. The first-order chi connectivity index (χ1) is 19.2. The zero-order valence-electron chi connectivity index (χ0n) is 21.4. The number of aromatic nitrogens is 3. The van der Waals surface area contributed by atoms with E-state index < -0.39 is 57.4 Å². The van der Waals surface area contributed by atoms with Crippen molar-refractivity contribution in [1.29, 1.82) is 0 Å². The highest BCUT2D eigenvalue weighted by Crippen LogP contribution is 2.40. The highest BCUT2D eigenvalue weighted by Gasteiger charge is 2.40. The zero-order chi connectivity index (χ0) is 29.7. The molecule has 2 aromatic carbocycles. The van der Waals surface area contributed by atoms with Gasteiger partial charge in [-0.2, -0.15) is 0 Å². The average molecular weight is 602 g/mol. The molecule has 0 amide bonds. The minimum Gasteiger partial charge on any atom is -0.322 e. The molecule has 1 N–H and O–H groups in total. The van der Waals surface area contributed by atoms with Crippen molar-refractivity contribution in [2.45, 2.75) is 23.0 Å². The molecule has 1 aliphatic carbocycles. The van der Waals surface area contributed by atoms with Gasteiger partial charge in [0.2, 0.25) is 16.0 Å². The van der Waals surface area contributed by atoms with Crippen LogP contribution < -0.4 is 5.32 Å². The second kappa shape index (κ2) is 9.85. The smallest absolute Gasteiger partial charge is 0.294 e. The standard InChI is InChI=1S/C26H21F2N5O6S2/c1-26(12-4-3-5-13-26)41(38,39)32-15-17(16-8-6-10-20(24(16)32)33(34)35)23-18(27)14-29-25(31-23)30-19-9-7-11-21(22(19)28)40(2,36)37/h3-12,14-15H,13H2,1-2H3,(H,29,30,31). The maximum atomic E-state index is 15.2. The molecule has 4 aromatic rings. The van der Waals surface area contributed by atoms with E-state index in [1.165, 1.54) is 37.3 Å². The summed E-state index contributed by atoms with van der Waals surface area (Å²) < 4.78 is 81.1. The van der Waals surface area contributed by atoms with Crippen LogP contribution in [0.3, 0.4) is 0 Å². The largest absolute Gasteiger partial charge is 0.322 e. The van der Waals surface area contributed by atoms with Crippen LogP contribution in [0.1, 0.15) is 13.3 Å². The van der Waals surface area contributed by atoms with Gasteiger partial charge in [-0.1, -0.05) is 42.5 Å². The number of anilines is 2. The van der Waals surface area contributed by atoms with Gasteiger partial charge in [0.25, 0.3) is 5.69 Å². The number of nitro groups is 1. The van der Waals surface area contributed by atoms with Crippen molar-refractivity contribution >= 4 is 48.1 Å². The highest BCUT2D eigenvalue weighted by atomic mass is 32.2. The van der Waals surface area contributed by atoms with Crippen molar-refractivity contribution in [2.75, 3.05) is 11.6 Å². The van der Waals surface area contributed by atoms with Crippen LogP contribution in [0.5, 0.6) is 0 Å². The Hall–Kier alpha value is -4.50. The summed E-state index contributed by atoms with van der Waals surface area (Å²) in [5.74, 6) is -2.44. The number of nitro benzene ring substituents is 1. The first-order valence-corrected chi connectivity index (χ1v) is 15.2. The van der Waals surface area contributed by atoms with Crippen molar-refractivity contribution in [1.82, 2.24) is 13.9 Å². The van der Waals surface area contributed by atoms with Crippen LogP contribution in [0.2, 0.25) is 0 Å². The summed E-state index contributed by atoms with van der Waals surface area (Å²) in [4.78, 5) is 18.5. The number of rotatable bonds is 7. The highest BCUT2D eigenvalue weighted by molar-refractivity contribution is 7.91. The van der Waals surface area contributed by atoms with Crippen molar-refractivity contribution in [2.24, 2.45) is 0 Å². The Labute approximate surface area is 233 Å². The Balaban J connectivity index is 1.71. The number of hydrogen-bond donors (Lipinski definition) is 1. The maximum absolute atomic E-state index is 15.2. The van der Waals surface area contributed by atoms with Gasteiger partial charge in [-0.15, -0.1) is 0 Å². The topological polar surface area (TPSA) is 154 Å². The number of sulfone groups is 1. The van der Waals surface area contributed by atoms with Crippen LogP contribution in [0.25, 0.3) is 22.2 Å². The molecule has 41 heavy (non-hydrogen) atoms. The van der Waals surface area contributed by atoms with E-state index in [-0.39, 0.29) is 34.5 Å². The molecule has 2 aromatic heterocycles. The van der Waals surface area contributed by atoms with Gasteiger partial charge in [-0.25, -0.2) is 39.6 Å². The minimum atomic E-state index is -4.34. The molecule has 15 heteroatoms. The molecule has 11 nitrogen and oxygen atoms in total. The third kappa shape index (κ3) is 4.76. The van der Waals surface area contributed by atoms with E-state index in [9.17, 15) is 31.3 Å². The molecule has 0 bridgehead atoms. The predicted molar refractivity (Wildman–Crippen MR) is 148 cm³/mol. The lowest BCUT2D eigenvalue weighted by Crippen LogP contribution is -2.37. The Morgan fingerprint density at radius 1 is 1.10 bits per heavy atom. The van der Waals surface area contributed by atoms with Gasteiger partial charge in [0.15, 0.2) is 21.5 Å². The molecule has 1 unspecified atom stereocenters. The molecule has 1 atom stereocenters. The van der Waals surface area contributed by atoms with E-state index >= 15 is 4.39 Å². The SMILES string of the molecule is CC1(S(=O)(=O)n2cc(-c3nc(Nc4cccc(S(C)(=O)=O)c4F)ncc3F)c3cccc([N+](=O)[O-])c32)C=CC=CC1. The number of allylic oxidation sites excluding steroid dienone is 3. The van der Waals surface area contributed by atoms with E-state index in [2.05, 4.69) is 15.3 Å². The van der Waals surface area contributed by atoms with Crippen LogP contribution >= 0.6 is 0 Å². The molecule has 0 saturated heterocycles. The van der Waals surface area contributed by atoms with Gasteiger partial charge in [0.05, 0.1) is 16.8 Å². The molecule has 212 valence electrons. The number of para-hydroxylation sites is 1. The lowest BCUT2D eigenvalue weighted by Gasteiger charge is -2.27. The predicted octanol–water partition coefficient (Wildman–Crippen LogP) is 4.88. The fraction of sp³-hybridized carbons (Fsp3) is 0.154. The van der Waals surface area contributed by atoms with Gasteiger partial charge in [-0.3, -0.25) is 10.1 Å². The monoisotopic (exact) mass is 601 g/mol. The van der Waals surface area contributed by atoms with Gasteiger partial charge in [0.1, 0.15) is 20.9 Å². The Bertz CT molecular complexity index is 2020. The van der Waals surface area contributed by atoms with Crippen LogP contribution in [0.4, 0.5) is 26.1 Å². The molecule has 0 saturated carbocycles. The molecule has 0 aliphatic heterocycles. The molecule has 2 heterocycles. The van der Waals surface area contributed by atoms with Crippen LogP contribution in [-0.4, -0.2) is 46.7 Å². The maximum Gasteiger partial charge on any atom is 0.294 e. The van der Waals surface area contributed by atoms with Crippen molar-refractivity contribution in [3.05, 3.63) is 94.8 Å². The van der Waals surface area contributed by atoms with Crippen molar-refractivity contribution < 1.29 is 30.5 Å². The quantitative estimate of drug-likeness (QED) is 0.230. The summed E-state index contributed by atoms with van der Waals surface area (Å²) in [5, 5.41) is 14.5. The zero-order valence-corrected chi connectivity index (χ0v) is 23.1. The van der Waals surface area contributed by atoms with Gasteiger partial charge >= 0.3 is 0 Å². The van der Waals surface area contributed by atoms with Crippen molar-refractivity contribution in [3.8, 4) is 11.3 Å². The van der Waals surface area contributed by atoms with Crippen molar-refractivity contribution in [3.63, 3.8) is 0 Å². The van der Waals surface area contributed by atoms with Crippen LogP contribution in [-0.2, 0) is 19.9 Å². The molecule has 0 spiro atoms. The lowest BCUT2D eigenvalue weighted by molar-refractivity contribution is -0.383. The van der Waals surface area contributed by atoms with Gasteiger partial charge in [0, 0.05) is 29.5 Å². The Kier molecular flexibility index (Phi) is 6.74. The average Bonchev–Trinajstić information content (AvgIpc) is 3.31. The van der Waals surface area contributed by atoms with Crippen LogP contribution in [0, 0.1) is 21.7 Å². The summed E-state index contributed by atoms with van der Waals surface area (Å²) >= 11 is 0. The summed E-state index contributed by atoms with van der Waals surface area (Å²) in [5.41, 5.74) is -1.64. The molecule has 5 rings (SSSR count). The third-order valence-corrected chi connectivity index (χ3v) is 10.0. The molecule has 0 fully saturated rings.